The summed E-state index contributed by atoms with van der Waals surface area (Å²) in [6, 6.07) is 21.8. The summed E-state index contributed by atoms with van der Waals surface area (Å²) in [5, 5.41) is 0.430. The van der Waals surface area contributed by atoms with Crippen molar-refractivity contribution in [3.05, 3.63) is 87.8 Å². The molecule has 7 heteroatoms. The quantitative estimate of drug-likeness (QED) is 0.282. The van der Waals surface area contributed by atoms with Gasteiger partial charge in [-0.05, 0) is 61.0 Å². The van der Waals surface area contributed by atoms with Crippen molar-refractivity contribution in [2.75, 3.05) is 12.0 Å². The van der Waals surface area contributed by atoms with E-state index in [1.165, 1.54) is 27.1 Å². The standard InChI is InChI=1S/C24H18ClNO2S3/c1-15-3-8-18(9-4-15)30-19-10-5-16(6-11-19)13-22-23(27)26(24(29)31-22)17-7-12-21(28-2)20(25)14-17/h3-14H,1-2H3/b22-13-. The summed E-state index contributed by atoms with van der Waals surface area (Å²) in [6.07, 6.45) is 1.87. The summed E-state index contributed by atoms with van der Waals surface area (Å²) in [5.74, 6) is 0.393. The van der Waals surface area contributed by atoms with Gasteiger partial charge in [0.2, 0.25) is 0 Å². The normalized spacial score (nSPS) is 15.1. The van der Waals surface area contributed by atoms with Gasteiger partial charge in [0, 0.05) is 9.79 Å². The zero-order chi connectivity index (χ0) is 22.0. The van der Waals surface area contributed by atoms with E-state index >= 15 is 0 Å². The molecular weight excluding hydrogens is 466 g/mol. The number of amides is 1. The van der Waals surface area contributed by atoms with Crippen LogP contribution in [0.25, 0.3) is 6.08 Å². The molecule has 1 fully saturated rings. The maximum absolute atomic E-state index is 13.0. The topological polar surface area (TPSA) is 29.5 Å². The van der Waals surface area contributed by atoms with Gasteiger partial charge < -0.3 is 4.74 Å². The fourth-order valence-corrected chi connectivity index (χ4v) is 5.38. The lowest BCUT2D eigenvalue weighted by atomic mass is 10.2. The molecule has 4 rings (SSSR count). The average molecular weight is 484 g/mol. The van der Waals surface area contributed by atoms with E-state index in [9.17, 15) is 4.79 Å². The molecule has 1 heterocycles. The summed E-state index contributed by atoms with van der Waals surface area (Å²) >= 11 is 14.7. The molecule has 0 atom stereocenters. The second-order valence-electron chi connectivity index (χ2n) is 6.82. The third-order valence-electron chi connectivity index (χ3n) is 4.62. The maximum Gasteiger partial charge on any atom is 0.270 e. The molecule has 156 valence electrons. The number of carbonyl (C=O) groups excluding carboxylic acids is 1. The van der Waals surface area contributed by atoms with Crippen molar-refractivity contribution >= 4 is 69.3 Å². The Morgan fingerprint density at radius 3 is 2.29 bits per heavy atom. The average Bonchev–Trinajstić information content (AvgIpc) is 3.04. The number of aryl methyl sites for hydroxylation is 1. The number of halogens is 1. The number of rotatable bonds is 5. The number of carbonyl (C=O) groups is 1. The number of hydrogen-bond acceptors (Lipinski definition) is 5. The van der Waals surface area contributed by atoms with Crippen molar-refractivity contribution in [2.45, 2.75) is 16.7 Å². The van der Waals surface area contributed by atoms with Crippen LogP contribution >= 0.6 is 47.3 Å². The van der Waals surface area contributed by atoms with E-state index in [0.29, 0.717) is 25.7 Å². The number of methoxy groups -OCH3 is 1. The third-order valence-corrected chi connectivity index (χ3v) is 7.24. The van der Waals surface area contributed by atoms with E-state index in [1.54, 1.807) is 37.1 Å². The molecule has 31 heavy (non-hydrogen) atoms. The smallest absolute Gasteiger partial charge is 0.270 e. The van der Waals surface area contributed by atoms with Crippen LogP contribution in [-0.2, 0) is 4.79 Å². The van der Waals surface area contributed by atoms with Crippen LogP contribution in [0, 0.1) is 6.92 Å². The first-order valence-electron chi connectivity index (χ1n) is 9.41. The van der Waals surface area contributed by atoms with Crippen LogP contribution in [-0.4, -0.2) is 17.3 Å². The van der Waals surface area contributed by atoms with Crippen LogP contribution in [0.1, 0.15) is 11.1 Å². The molecule has 0 saturated carbocycles. The van der Waals surface area contributed by atoms with E-state index < -0.39 is 0 Å². The second-order valence-corrected chi connectivity index (χ2v) is 10.1. The van der Waals surface area contributed by atoms with Crippen molar-refractivity contribution in [3.8, 4) is 5.75 Å². The van der Waals surface area contributed by atoms with Gasteiger partial charge in [-0.2, -0.15) is 0 Å². The molecule has 1 saturated heterocycles. The van der Waals surface area contributed by atoms with Gasteiger partial charge in [0.1, 0.15) is 5.75 Å². The Morgan fingerprint density at radius 2 is 1.68 bits per heavy atom. The van der Waals surface area contributed by atoms with Gasteiger partial charge in [0.25, 0.3) is 5.91 Å². The van der Waals surface area contributed by atoms with Crippen LogP contribution in [0.3, 0.4) is 0 Å². The number of thioether (sulfide) groups is 1. The Bertz CT molecular complexity index is 1170. The highest BCUT2D eigenvalue weighted by molar-refractivity contribution is 8.27. The zero-order valence-electron chi connectivity index (χ0n) is 16.8. The first-order chi connectivity index (χ1) is 14.9. The monoisotopic (exact) mass is 483 g/mol. The van der Waals surface area contributed by atoms with Crippen molar-refractivity contribution in [1.29, 1.82) is 0 Å². The van der Waals surface area contributed by atoms with Crippen LogP contribution in [0.4, 0.5) is 5.69 Å². The highest BCUT2D eigenvalue weighted by atomic mass is 35.5. The fraction of sp³-hybridized carbons (Fsp3) is 0.0833. The highest BCUT2D eigenvalue weighted by Gasteiger charge is 2.33. The first-order valence-corrected chi connectivity index (χ1v) is 11.8. The Morgan fingerprint density at radius 1 is 1.03 bits per heavy atom. The number of thiocarbonyl (C=S) groups is 1. The van der Waals surface area contributed by atoms with Crippen molar-refractivity contribution in [1.82, 2.24) is 0 Å². The number of ether oxygens (including phenoxy) is 1. The van der Waals surface area contributed by atoms with Crippen LogP contribution in [0.2, 0.25) is 5.02 Å². The molecule has 0 aromatic heterocycles. The molecule has 1 aliphatic heterocycles. The summed E-state index contributed by atoms with van der Waals surface area (Å²) in [7, 11) is 1.55. The van der Waals surface area contributed by atoms with Crippen molar-refractivity contribution in [2.24, 2.45) is 0 Å². The highest BCUT2D eigenvalue weighted by Crippen LogP contribution is 2.38. The van der Waals surface area contributed by atoms with E-state index in [1.807, 2.05) is 18.2 Å². The number of anilines is 1. The molecular formula is C24H18ClNO2S3. The predicted octanol–water partition coefficient (Wildman–Crippen LogP) is 7.21. The zero-order valence-corrected chi connectivity index (χ0v) is 20.0. The summed E-state index contributed by atoms with van der Waals surface area (Å²) < 4.78 is 5.66. The van der Waals surface area contributed by atoms with Crippen LogP contribution in [0.5, 0.6) is 5.75 Å². The van der Waals surface area contributed by atoms with Crippen molar-refractivity contribution < 1.29 is 9.53 Å². The molecule has 0 aliphatic carbocycles. The molecule has 3 aromatic carbocycles. The first kappa shape index (κ1) is 22.0. The van der Waals surface area contributed by atoms with Gasteiger partial charge in [-0.3, -0.25) is 9.69 Å². The van der Waals surface area contributed by atoms with Crippen LogP contribution < -0.4 is 9.64 Å². The molecule has 0 bridgehead atoms. The molecule has 0 unspecified atom stereocenters. The molecule has 1 amide bonds. The second kappa shape index (κ2) is 9.49. The fourth-order valence-electron chi connectivity index (χ4n) is 3.01. The molecule has 0 radical (unpaired) electrons. The Balaban J connectivity index is 1.51. The molecule has 3 aromatic rings. The van der Waals surface area contributed by atoms with Gasteiger partial charge in [-0.1, -0.05) is 77.2 Å². The minimum Gasteiger partial charge on any atom is -0.495 e. The predicted molar refractivity (Wildman–Crippen MR) is 135 cm³/mol. The summed E-state index contributed by atoms with van der Waals surface area (Å²) in [4.78, 5) is 17.4. The number of benzene rings is 3. The lowest BCUT2D eigenvalue weighted by Gasteiger charge is -2.15. The Kier molecular flexibility index (Phi) is 6.72. The molecule has 0 N–H and O–H groups in total. The minimum absolute atomic E-state index is 0.158. The summed E-state index contributed by atoms with van der Waals surface area (Å²) in [5.41, 5.74) is 2.82. The number of hydrogen-bond donors (Lipinski definition) is 0. The van der Waals surface area contributed by atoms with E-state index in [4.69, 9.17) is 28.6 Å². The maximum atomic E-state index is 13.0. The van der Waals surface area contributed by atoms with Gasteiger partial charge >= 0.3 is 0 Å². The Hall–Kier alpha value is -2.25. The van der Waals surface area contributed by atoms with E-state index in [2.05, 4.69) is 43.3 Å². The number of nitrogens with zero attached hydrogens (tertiary/aromatic N) is 1. The lowest BCUT2D eigenvalue weighted by Crippen LogP contribution is -2.27. The van der Waals surface area contributed by atoms with Gasteiger partial charge in [-0.25, -0.2) is 0 Å². The molecule has 0 spiro atoms. The van der Waals surface area contributed by atoms with Gasteiger partial charge in [-0.15, -0.1) is 0 Å². The SMILES string of the molecule is COc1ccc(N2C(=O)/C(=C/c3ccc(Sc4ccc(C)cc4)cc3)SC2=S)cc1Cl. The van der Waals surface area contributed by atoms with E-state index in [-0.39, 0.29) is 5.91 Å². The Labute approximate surface area is 200 Å². The van der Waals surface area contributed by atoms with Crippen LogP contribution in [0.15, 0.2) is 81.4 Å². The largest absolute Gasteiger partial charge is 0.495 e. The van der Waals surface area contributed by atoms with Gasteiger partial charge in [0.05, 0.1) is 22.7 Å². The molecule has 3 nitrogen and oxygen atoms in total. The minimum atomic E-state index is -0.158. The van der Waals surface area contributed by atoms with E-state index in [0.717, 1.165) is 10.5 Å². The molecule has 1 aliphatic rings. The third kappa shape index (κ3) is 4.99. The summed E-state index contributed by atoms with van der Waals surface area (Å²) in [6.45, 7) is 2.08. The van der Waals surface area contributed by atoms with Crippen molar-refractivity contribution in [3.63, 3.8) is 0 Å². The van der Waals surface area contributed by atoms with Gasteiger partial charge in [0.15, 0.2) is 4.32 Å². The lowest BCUT2D eigenvalue weighted by molar-refractivity contribution is -0.113.